The summed E-state index contributed by atoms with van der Waals surface area (Å²) in [7, 11) is 0. The minimum Gasteiger partial charge on any atom is -0.477 e. The number of amides is 1. The molecule has 1 aliphatic heterocycles. The SMILES string of the molecule is O=C(O)C1=NN(Cc2cccc(F)c2Br)C(=O)CC1. The number of carbonyl (C=O) groups excluding carboxylic acids is 1. The number of nitrogens with zero attached hydrogens (tertiary/aromatic N) is 2. The largest absolute Gasteiger partial charge is 0.477 e. The maximum absolute atomic E-state index is 13.4. The first-order valence-corrected chi connectivity index (χ1v) is 6.32. The average molecular weight is 329 g/mol. The standard InChI is InChI=1S/C12H10BrFN2O3/c13-11-7(2-1-3-8(11)14)6-16-10(17)5-4-9(15-16)12(18)19/h1-3H,4-6H2,(H,18,19). The van der Waals surface area contributed by atoms with Gasteiger partial charge in [0.15, 0.2) is 0 Å². The Morgan fingerprint density at radius 1 is 1.47 bits per heavy atom. The second-order valence-electron chi connectivity index (χ2n) is 4.02. The van der Waals surface area contributed by atoms with Crippen LogP contribution in [0.25, 0.3) is 0 Å². The van der Waals surface area contributed by atoms with E-state index in [2.05, 4.69) is 21.0 Å². The summed E-state index contributed by atoms with van der Waals surface area (Å²) in [6, 6.07) is 4.45. The highest BCUT2D eigenvalue weighted by Crippen LogP contribution is 2.23. The minimum absolute atomic E-state index is 0.0357. The van der Waals surface area contributed by atoms with Crippen molar-refractivity contribution >= 4 is 33.5 Å². The molecule has 0 fully saturated rings. The van der Waals surface area contributed by atoms with Crippen molar-refractivity contribution in [3.8, 4) is 0 Å². The summed E-state index contributed by atoms with van der Waals surface area (Å²) in [6.45, 7) is 0.0357. The molecule has 100 valence electrons. The number of carbonyl (C=O) groups is 2. The topological polar surface area (TPSA) is 70.0 Å². The molecule has 1 aliphatic rings. The molecule has 0 radical (unpaired) electrons. The predicted molar refractivity (Wildman–Crippen MR) is 69.0 cm³/mol. The third-order valence-electron chi connectivity index (χ3n) is 2.70. The summed E-state index contributed by atoms with van der Waals surface area (Å²) < 4.78 is 13.6. The Balaban J connectivity index is 2.26. The van der Waals surface area contributed by atoms with Crippen molar-refractivity contribution in [2.45, 2.75) is 19.4 Å². The first-order valence-electron chi connectivity index (χ1n) is 5.53. The molecule has 2 rings (SSSR count). The molecule has 1 aromatic rings. The zero-order chi connectivity index (χ0) is 14.0. The molecule has 1 amide bonds. The van der Waals surface area contributed by atoms with Gasteiger partial charge in [0, 0.05) is 12.8 Å². The smallest absolute Gasteiger partial charge is 0.352 e. The van der Waals surface area contributed by atoms with Gasteiger partial charge in [-0.1, -0.05) is 12.1 Å². The van der Waals surface area contributed by atoms with Crippen molar-refractivity contribution in [1.29, 1.82) is 0 Å². The maximum Gasteiger partial charge on any atom is 0.352 e. The van der Waals surface area contributed by atoms with E-state index in [9.17, 15) is 14.0 Å². The minimum atomic E-state index is -1.14. The van der Waals surface area contributed by atoms with Gasteiger partial charge in [-0.25, -0.2) is 14.2 Å². The lowest BCUT2D eigenvalue weighted by atomic mass is 10.1. The molecule has 1 N–H and O–H groups in total. The summed E-state index contributed by atoms with van der Waals surface area (Å²) in [4.78, 5) is 22.5. The lowest BCUT2D eigenvalue weighted by Crippen LogP contribution is -2.33. The Hall–Kier alpha value is -1.76. The van der Waals surface area contributed by atoms with Gasteiger partial charge in [0.1, 0.15) is 11.5 Å². The van der Waals surface area contributed by atoms with Crippen LogP contribution in [-0.2, 0) is 16.1 Å². The summed E-state index contributed by atoms with van der Waals surface area (Å²) in [5.74, 6) is -1.86. The van der Waals surface area contributed by atoms with Gasteiger partial charge in [0.25, 0.3) is 0 Å². The lowest BCUT2D eigenvalue weighted by molar-refractivity contribution is -0.133. The van der Waals surface area contributed by atoms with Crippen molar-refractivity contribution in [2.75, 3.05) is 0 Å². The van der Waals surface area contributed by atoms with Crippen molar-refractivity contribution in [2.24, 2.45) is 5.10 Å². The van der Waals surface area contributed by atoms with Crippen molar-refractivity contribution < 1.29 is 19.1 Å². The molecule has 0 aromatic heterocycles. The molecule has 0 bridgehead atoms. The van der Waals surface area contributed by atoms with Gasteiger partial charge in [-0.15, -0.1) is 0 Å². The van der Waals surface area contributed by atoms with E-state index in [0.717, 1.165) is 5.01 Å². The number of carboxylic acids is 1. The second-order valence-corrected chi connectivity index (χ2v) is 4.81. The summed E-state index contributed by atoms with van der Waals surface area (Å²) in [5, 5.41) is 13.7. The molecular weight excluding hydrogens is 319 g/mol. The van der Waals surface area contributed by atoms with Crippen LogP contribution in [0, 0.1) is 5.82 Å². The Bertz CT molecular complexity index is 574. The fourth-order valence-corrected chi connectivity index (χ4v) is 2.10. The van der Waals surface area contributed by atoms with Crippen LogP contribution in [0.2, 0.25) is 0 Å². The van der Waals surface area contributed by atoms with Gasteiger partial charge in [0.2, 0.25) is 5.91 Å². The van der Waals surface area contributed by atoms with E-state index in [1.54, 1.807) is 6.07 Å². The fraction of sp³-hybridized carbons (Fsp3) is 0.250. The third kappa shape index (κ3) is 2.98. The quantitative estimate of drug-likeness (QED) is 0.924. The first-order chi connectivity index (χ1) is 8.99. The monoisotopic (exact) mass is 328 g/mol. The van der Waals surface area contributed by atoms with Crippen LogP contribution in [0.1, 0.15) is 18.4 Å². The molecule has 5 nitrogen and oxygen atoms in total. The number of carboxylic acid groups (broad SMARTS) is 1. The summed E-state index contributed by atoms with van der Waals surface area (Å²) >= 11 is 3.09. The van der Waals surface area contributed by atoms with E-state index < -0.39 is 11.8 Å². The number of hydrazone groups is 1. The first kappa shape index (κ1) is 13.7. The highest BCUT2D eigenvalue weighted by Gasteiger charge is 2.24. The molecule has 0 saturated heterocycles. The highest BCUT2D eigenvalue weighted by molar-refractivity contribution is 9.10. The van der Waals surface area contributed by atoms with Gasteiger partial charge >= 0.3 is 5.97 Å². The van der Waals surface area contributed by atoms with Crippen molar-refractivity contribution in [3.05, 3.63) is 34.1 Å². The average Bonchev–Trinajstić information content (AvgIpc) is 2.37. The third-order valence-corrected chi connectivity index (χ3v) is 3.59. The Labute approximate surface area is 116 Å². The van der Waals surface area contributed by atoms with Crippen LogP contribution < -0.4 is 0 Å². The van der Waals surface area contributed by atoms with E-state index in [1.165, 1.54) is 12.1 Å². The highest BCUT2D eigenvalue weighted by atomic mass is 79.9. The number of rotatable bonds is 3. The lowest BCUT2D eigenvalue weighted by Gasteiger charge is -2.22. The van der Waals surface area contributed by atoms with Crippen LogP contribution in [0.15, 0.2) is 27.8 Å². The van der Waals surface area contributed by atoms with E-state index in [-0.39, 0.29) is 35.5 Å². The maximum atomic E-state index is 13.4. The fourth-order valence-electron chi connectivity index (χ4n) is 1.71. The zero-order valence-electron chi connectivity index (χ0n) is 9.77. The van der Waals surface area contributed by atoms with Gasteiger partial charge < -0.3 is 5.11 Å². The number of halogens is 2. The molecule has 7 heteroatoms. The van der Waals surface area contributed by atoms with Crippen LogP contribution in [-0.4, -0.2) is 27.7 Å². The van der Waals surface area contributed by atoms with E-state index in [1.807, 2.05) is 0 Å². The van der Waals surface area contributed by atoms with E-state index in [0.29, 0.717) is 5.56 Å². The summed E-state index contributed by atoms with van der Waals surface area (Å²) in [5.41, 5.74) is 0.468. The van der Waals surface area contributed by atoms with Crippen LogP contribution in [0.4, 0.5) is 4.39 Å². The molecule has 0 saturated carbocycles. The Morgan fingerprint density at radius 2 is 2.21 bits per heavy atom. The van der Waals surface area contributed by atoms with Crippen LogP contribution >= 0.6 is 15.9 Å². The number of benzene rings is 1. The number of hydrogen-bond acceptors (Lipinski definition) is 3. The van der Waals surface area contributed by atoms with Gasteiger partial charge in [-0.2, -0.15) is 5.10 Å². The Kier molecular flexibility index (Phi) is 3.94. The second kappa shape index (κ2) is 5.48. The molecular formula is C12H10BrFN2O3. The molecule has 0 unspecified atom stereocenters. The van der Waals surface area contributed by atoms with Crippen molar-refractivity contribution in [3.63, 3.8) is 0 Å². The van der Waals surface area contributed by atoms with Crippen LogP contribution in [0.5, 0.6) is 0 Å². The van der Waals surface area contributed by atoms with E-state index >= 15 is 0 Å². The predicted octanol–water partition coefficient (Wildman–Crippen LogP) is 2.15. The molecule has 0 aliphatic carbocycles. The van der Waals surface area contributed by atoms with Crippen LogP contribution in [0.3, 0.4) is 0 Å². The van der Waals surface area contributed by atoms with Gasteiger partial charge in [0.05, 0.1) is 11.0 Å². The molecule has 0 spiro atoms. The van der Waals surface area contributed by atoms with E-state index in [4.69, 9.17) is 5.11 Å². The number of aliphatic carboxylic acids is 1. The van der Waals surface area contributed by atoms with Gasteiger partial charge in [-0.05, 0) is 27.6 Å². The molecule has 1 aromatic carbocycles. The molecule has 0 atom stereocenters. The van der Waals surface area contributed by atoms with Crippen molar-refractivity contribution in [1.82, 2.24) is 5.01 Å². The van der Waals surface area contributed by atoms with Gasteiger partial charge in [-0.3, -0.25) is 4.79 Å². The number of hydrogen-bond donors (Lipinski definition) is 1. The summed E-state index contributed by atoms with van der Waals surface area (Å²) in [6.07, 6.45) is 0.215. The molecule has 1 heterocycles. The normalized spacial score (nSPS) is 15.4. The Morgan fingerprint density at radius 3 is 2.89 bits per heavy atom. The molecule has 19 heavy (non-hydrogen) atoms. The zero-order valence-corrected chi connectivity index (χ0v) is 11.4.